The summed E-state index contributed by atoms with van der Waals surface area (Å²) in [5.74, 6) is 0.363. The lowest BCUT2D eigenvalue weighted by molar-refractivity contribution is 0.102. The van der Waals surface area contributed by atoms with Gasteiger partial charge in [0.1, 0.15) is 11.6 Å². The summed E-state index contributed by atoms with van der Waals surface area (Å²) in [7, 11) is 0. The lowest BCUT2D eigenvalue weighted by Gasteiger charge is -2.06. The van der Waals surface area contributed by atoms with Crippen molar-refractivity contribution in [1.29, 1.82) is 0 Å². The van der Waals surface area contributed by atoms with Gasteiger partial charge in [0.15, 0.2) is 0 Å². The molecule has 1 heterocycles. The molecular formula is C13H11BrN2O2. The first-order valence-electron chi connectivity index (χ1n) is 5.30. The van der Waals surface area contributed by atoms with Gasteiger partial charge in [0, 0.05) is 10.0 Å². The van der Waals surface area contributed by atoms with Gasteiger partial charge in [-0.3, -0.25) is 4.79 Å². The summed E-state index contributed by atoms with van der Waals surface area (Å²) >= 11 is 3.35. The maximum Gasteiger partial charge on any atom is 0.256 e. The molecule has 0 aliphatic rings. The van der Waals surface area contributed by atoms with E-state index in [2.05, 4.69) is 26.2 Å². The Morgan fingerprint density at radius 1 is 1.22 bits per heavy atom. The van der Waals surface area contributed by atoms with E-state index in [9.17, 15) is 4.79 Å². The van der Waals surface area contributed by atoms with E-state index >= 15 is 0 Å². The molecule has 0 unspecified atom stereocenters. The highest BCUT2D eigenvalue weighted by Crippen LogP contribution is 2.17. The van der Waals surface area contributed by atoms with Gasteiger partial charge in [-0.2, -0.15) is 0 Å². The first-order chi connectivity index (χ1) is 8.56. The van der Waals surface area contributed by atoms with E-state index in [1.54, 1.807) is 18.2 Å². The average Bonchev–Trinajstić information content (AvgIpc) is 2.34. The Kier molecular flexibility index (Phi) is 3.62. The second-order valence-electron chi connectivity index (χ2n) is 3.76. The number of aromatic hydroxyl groups is 1. The number of benzene rings is 1. The molecule has 2 aromatic rings. The second-order valence-corrected chi connectivity index (χ2v) is 4.62. The van der Waals surface area contributed by atoms with Gasteiger partial charge in [0.2, 0.25) is 0 Å². The van der Waals surface area contributed by atoms with Crippen molar-refractivity contribution in [2.24, 2.45) is 0 Å². The van der Waals surface area contributed by atoms with Crippen LogP contribution in [0.1, 0.15) is 16.1 Å². The van der Waals surface area contributed by atoms with Gasteiger partial charge in [-0.15, -0.1) is 0 Å². The summed E-state index contributed by atoms with van der Waals surface area (Å²) < 4.78 is 0.894. The predicted molar refractivity (Wildman–Crippen MR) is 72.7 cm³/mol. The topological polar surface area (TPSA) is 62.2 Å². The molecule has 0 aliphatic heterocycles. The fourth-order valence-corrected chi connectivity index (χ4v) is 1.64. The number of carbonyl (C=O) groups excluding carboxylic acids is 1. The summed E-state index contributed by atoms with van der Waals surface area (Å²) in [6.45, 7) is 1.85. The molecule has 2 rings (SSSR count). The molecule has 0 spiro atoms. The smallest absolute Gasteiger partial charge is 0.256 e. The molecule has 5 heteroatoms. The largest absolute Gasteiger partial charge is 0.508 e. The maximum atomic E-state index is 11.9. The van der Waals surface area contributed by atoms with E-state index in [1.807, 2.05) is 13.0 Å². The molecule has 1 aromatic carbocycles. The Morgan fingerprint density at radius 3 is 2.50 bits per heavy atom. The number of aromatic nitrogens is 1. The van der Waals surface area contributed by atoms with Crippen LogP contribution in [0.4, 0.5) is 5.82 Å². The molecule has 1 aromatic heterocycles. The minimum atomic E-state index is -0.260. The number of carbonyl (C=O) groups is 1. The van der Waals surface area contributed by atoms with Gasteiger partial charge < -0.3 is 10.4 Å². The Labute approximate surface area is 113 Å². The van der Waals surface area contributed by atoms with E-state index in [4.69, 9.17) is 5.11 Å². The predicted octanol–water partition coefficient (Wildman–Crippen LogP) is 3.11. The minimum absolute atomic E-state index is 0.129. The number of rotatable bonds is 2. The Balaban J connectivity index is 2.16. The van der Waals surface area contributed by atoms with Crippen LogP contribution in [-0.4, -0.2) is 16.0 Å². The van der Waals surface area contributed by atoms with Crippen molar-refractivity contribution in [3.63, 3.8) is 0 Å². The van der Waals surface area contributed by atoms with Crippen molar-refractivity contribution >= 4 is 27.7 Å². The van der Waals surface area contributed by atoms with E-state index in [1.165, 1.54) is 12.1 Å². The summed E-state index contributed by atoms with van der Waals surface area (Å²) in [5, 5.41) is 11.8. The van der Waals surface area contributed by atoms with Crippen LogP contribution in [0.25, 0.3) is 0 Å². The SMILES string of the molecule is Cc1nc(NC(=O)c2ccc(O)cc2)ccc1Br. The van der Waals surface area contributed by atoms with E-state index < -0.39 is 0 Å². The fraction of sp³-hybridized carbons (Fsp3) is 0.0769. The normalized spacial score (nSPS) is 10.1. The minimum Gasteiger partial charge on any atom is -0.508 e. The van der Waals surface area contributed by atoms with Gasteiger partial charge in [0.25, 0.3) is 5.91 Å². The molecule has 0 saturated heterocycles. The number of hydrogen-bond donors (Lipinski definition) is 2. The third-order valence-electron chi connectivity index (χ3n) is 2.39. The van der Waals surface area contributed by atoms with E-state index in [0.29, 0.717) is 11.4 Å². The number of hydrogen-bond acceptors (Lipinski definition) is 3. The van der Waals surface area contributed by atoms with Crippen LogP contribution in [0.3, 0.4) is 0 Å². The van der Waals surface area contributed by atoms with Crippen molar-refractivity contribution in [1.82, 2.24) is 4.98 Å². The van der Waals surface area contributed by atoms with Crippen molar-refractivity contribution in [2.45, 2.75) is 6.92 Å². The summed E-state index contributed by atoms with van der Waals surface area (Å²) in [6, 6.07) is 9.58. The van der Waals surface area contributed by atoms with Crippen LogP contribution in [-0.2, 0) is 0 Å². The van der Waals surface area contributed by atoms with Gasteiger partial charge >= 0.3 is 0 Å². The number of anilines is 1. The van der Waals surface area contributed by atoms with Crippen molar-refractivity contribution in [3.8, 4) is 5.75 Å². The number of aryl methyl sites for hydroxylation is 1. The molecule has 0 saturated carbocycles. The number of phenols is 1. The third kappa shape index (κ3) is 2.87. The van der Waals surface area contributed by atoms with Gasteiger partial charge in [-0.25, -0.2) is 4.98 Å². The summed E-state index contributed by atoms with van der Waals surface area (Å²) in [5.41, 5.74) is 1.27. The highest BCUT2D eigenvalue weighted by Gasteiger charge is 2.07. The van der Waals surface area contributed by atoms with Crippen molar-refractivity contribution in [2.75, 3.05) is 5.32 Å². The summed E-state index contributed by atoms with van der Waals surface area (Å²) in [4.78, 5) is 16.1. The monoisotopic (exact) mass is 306 g/mol. The molecule has 0 bridgehead atoms. The fourth-order valence-electron chi connectivity index (χ4n) is 1.41. The van der Waals surface area contributed by atoms with Crippen molar-refractivity contribution in [3.05, 3.63) is 52.1 Å². The van der Waals surface area contributed by atoms with Crippen molar-refractivity contribution < 1.29 is 9.90 Å². The zero-order chi connectivity index (χ0) is 13.1. The molecule has 0 fully saturated rings. The molecule has 0 radical (unpaired) electrons. The van der Waals surface area contributed by atoms with Crippen LogP contribution in [0, 0.1) is 6.92 Å². The Hall–Kier alpha value is -1.88. The second kappa shape index (κ2) is 5.18. The zero-order valence-electron chi connectivity index (χ0n) is 9.64. The Morgan fingerprint density at radius 2 is 1.89 bits per heavy atom. The standard InChI is InChI=1S/C13H11BrN2O2/c1-8-11(14)6-7-12(15-8)16-13(18)9-2-4-10(17)5-3-9/h2-7,17H,1H3,(H,15,16,18). The van der Waals surface area contributed by atoms with Crippen LogP contribution in [0.15, 0.2) is 40.9 Å². The van der Waals surface area contributed by atoms with Crippen LogP contribution in [0.5, 0.6) is 5.75 Å². The molecule has 18 heavy (non-hydrogen) atoms. The molecule has 92 valence electrons. The number of nitrogens with zero attached hydrogens (tertiary/aromatic N) is 1. The van der Waals surface area contributed by atoms with Crippen LogP contribution < -0.4 is 5.32 Å². The molecule has 1 amide bonds. The van der Waals surface area contributed by atoms with Gasteiger partial charge in [-0.05, 0) is 59.3 Å². The van der Waals surface area contributed by atoms with Crippen LogP contribution in [0.2, 0.25) is 0 Å². The highest BCUT2D eigenvalue weighted by molar-refractivity contribution is 9.10. The molecule has 4 nitrogen and oxygen atoms in total. The molecular weight excluding hydrogens is 296 g/mol. The molecule has 0 aliphatic carbocycles. The lowest BCUT2D eigenvalue weighted by atomic mass is 10.2. The number of nitrogens with one attached hydrogen (secondary N) is 1. The average molecular weight is 307 g/mol. The van der Waals surface area contributed by atoms with Gasteiger partial charge in [-0.1, -0.05) is 0 Å². The Bertz CT molecular complexity index is 582. The first kappa shape index (κ1) is 12.6. The van der Waals surface area contributed by atoms with E-state index in [0.717, 1.165) is 10.2 Å². The first-order valence-corrected chi connectivity index (χ1v) is 6.09. The number of amides is 1. The quantitative estimate of drug-likeness (QED) is 0.896. The number of halogens is 1. The van der Waals surface area contributed by atoms with Crippen LogP contribution >= 0.6 is 15.9 Å². The highest BCUT2D eigenvalue weighted by atomic mass is 79.9. The maximum absolute atomic E-state index is 11.9. The lowest BCUT2D eigenvalue weighted by Crippen LogP contribution is -2.13. The molecule has 2 N–H and O–H groups in total. The number of phenolic OH excluding ortho intramolecular Hbond substituents is 1. The van der Waals surface area contributed by atoms with Gasteiger partial charge in [0.05, 0.1) is 5.69 Å². The molecule has 0 atom stereocenters. The van der Waals surface area contributed by atoms with E-state index in [-0.39, 0.29) is 11.7 Å². The third-order valence-corrected chi connectivity index (χ3v) is 3.23. The summed E-state index contributed by atoms with van der Waals surface area (Å²) in [6.07, 6.45) is 0. The number of pyridine rings is 1. The zero-order valence-corrected chi connectivity index (χ0v) is 11.2.